The normalized spacial score (nSPS) is 10.8. The fraction of sp³-hybridized carbons (Fsp3) is 0.357. The minimum atomic E-state index is 0.0724. The Bertz CT molecular complexity index is 531. The van der Waals surface area contributed by atoms with Gasteiger partial charge in [-0.2, -0.15) is 0 Å². The molecule has 0 aliphatic rings. The number of nitrogens with one attached hydrogen (secondary N) is 1. The lowest BCUT2D eigenvalue weighted by Crippen LogP contribution is -2.08. The summed E-state index contributed by atoms with van der Waals surface area (Å²) in [6.45, 7) is 1.92. The van der Waals surface area contributed by atoms with Crippen molar-refractivity contribution in [2.45, 2.75) is 6.42 Å². The average Bonchev–Trinajstić information content (AvgIpc) is 2.45. The van der Waals surface area contributed by atoms with E-state index < -0.39 is 0 Å². The Morgan fingerprint density at radius 2 is 2.11 bits per heavy atom. The smallest absolute Gasteiger partial charge is 0.0697 e. The maximum atomic E-state index is 8.59. The van der Waals surface area contributed by atoms with E-state index in [-0.39, 0.29) is 6.61 Å². The molecule has 0 amide bonds. The summed E-state index contributed by atoms with van der Waals surface area (Å²) in [5.74, 6) is 0. The lowest BCUT2D eigenvalue weighted by Gasteiger charge is -2.11. The van der Waals surface area contributed by atoms with Gasteiger partial charge in [0.15, 0.2) is 0 Å². The molecule has 0 saturated heterocycles. The van der Waals surface area contributed by atoms with Gasteiger partial charge in [-0.3, -0.25) is 4.98 Å². The van der Waals surface area contributed by atoms with Gasteiger partial charge in [0, 0.05) is 47.7 Å². The fourth-order valence-electron chi connectivity index (χ4n) is 1.93. The molecular formula is C14H19N3O2. The number of aliphatic hydroxyl groups excluding tert-OH is 1. The zero-order valence-corrected chi connectivity index (χ0v) is 10.8. The van der Waals surface area contributed by atoms with E-state index in [4.69, 9.17) is 15.6 Å². The highest BCUT2D eigenvalue weighted by atomic mass is 16.5. The Morgan fingerprint density at radius 1 is 1.21 bits per heavy atom. The largest absolute Gasteiger partial charge is 0.398 e. The van der Waals surface area contributed by atoms with Crippen LogP contribution in [0, 0.1) is 0 Å². The molecule has 0 unspecified atom stereocenters. The fourth-order valence-corrected chi connectivity index (χ4v) is 1.93. The van der Waals surface area contributed by atoms with Crippen LogP contribution in [0.2, 0.25) is 0 Å². The van der Waals surface area contributed by atoms with Gasteiger partial charge < -0.3 is 20.9 Å². The van der Waals surface area contributed by atoms with Crippen LogP contribution in [-0.4, -0.2) is 36.5 Å². The first-order chi connectivity index (χ1) is 9.33. The highest BCUT2D eigenvalue weighted by Crippen LogP contribution is 2.27. The Balaban J connectivity index is 1.96. The lowest BCUT2D eigenvalue weighted by molar-refractivity contribution is 0.0922. The number of aromatic nitrogens is 1. The molecule has 0 fully saturated rings. The van der Waals surface area contributed by atoms with Gasteiger partial charge in [0.25, 0.3) is 0 Å². The summed E-state index contributed by atoms with van der Waals surface area (Å²) in [6.07, 6.45) is 4.43. The van der Waals surface area contributed by atoms with Gasteiger partial charge in [0.2, 0.25) is 0 Å². The molecule has 0 bridgehead atoms. The maximum absolute atomic E-state index is 8.59. The summed E-state index contributed by atoms with van der Waals surface area (Å²) in [4.78, 5) is 4.09. The van der Waals surface area contributed by atoms with Crippen molar-refractivity contribution in [1.29, 1.82) is 0 Å². The maximum Gasteiger partial charge on any atom is 0.0697 e. The number of hydrogen-bond acceptors (Lipinski definition) is 5. The molecule has 102 valence electrons. The van der Waals surface area contributed by atoms with Crippen LogP contribution in [-0.2, 0) is 4.74 Å². The highest BCUT2D eigenvalue weighted by molar-refractivity contribution is 6.00. The number of nitrogens with two attached hydrogens (primary N) is 1. The zero-order valence-electron chi connectivity index (χ0n) is 10.8. The third-order valence-corrected chi connectivity index (χ3v) is 2.87. The lowest BCUT2D eigenvalue weighted by atomic mass is 10.1. The van der Waals surface area contributed by atoms with Crippen molar-refractivity contribution in [2.75, 3.05) is 37.4 Å². The molecule has 0 saturated carbocycles. The van der Waals surface area contributed by atoms with Crippen LogP contribution in [0.1, 0.15) is 6.42 Å². The minimum Gasteiger partial charge on any atom is -0.398 e. The molecular weight excluding hydrogens is 242 g/mol. The van der Waals surface area contributed by atoms with E-state index in [1.54, 1.807) is 12.4 Å². The van der Waals surface area contributed by atoms with Gasteiger partial charge >= 0.3 is 0 Å². The molecule has 2 rings (SSSR count). The van der Waals surface area contributed by atoms with Gasteiger partial charge in [0.05, 0.1) is 13.2 Å². The molecule has 1 aromatic carbocycles. The van der Waals surface area contributed by atoms with E-state index in [0.717, 1.165) is 35.1 Å². The summed E-state index contributed by atoms with van der Waals surface area (Å²) >= 11 is 0. The van der Waals surface area contributed by atoms with Gasteiger partial charge in [-0.15, -0.1) is 0 Å². The van der Waals surface area contributed by atoms with Crippen LogP contribution in [0.25, 0.3) is 10.8 Å². The van der Waals surface area contributed by atoms with Crippen molar-refractivity contribution in [1.82, 2.24) is 4.98 Å². The number of nitrogen functional groups attached to an aromatic ring is 1. The Hall–Kier alpha value is -1.85. The quantitative estimate of drug-likeness (QED) is 0.521. The highest BCUT2D eigenvalue weighted by Gasteiger charge is 2.03. The molecule has 2 aromatic rings. The molecule has 1 heterocycles. The van der Waals surface area contributed by atoms with E-state index in [9.17, 15) is 0 Å². The molecule has 0 spiro atoms. The summed E-state index contributed by atoms with van der Waals surface area (Å²) in [5, 5.41) is 14.0. The Kier molecular flexibility index (Phi) is 4.94. The van der Waals surface area contributed by atoms with Crippen LogP contribution in [0.4, 0.5) is 11.4 Å². The standard InChI is InChI=1S/C14H19N3O2/c15-13-2-3-14(11-4-6-16-10-12(11)13)17-5-1-8-19-9-7-18/h2-4,6,10,17-18H,1,5,7-9,15H2. The third kappa shape index (κ3) is 3.56. The summed E-state index contributed by atoms with van der Waals surface area (Å²) < 4.78 is 5.21. The SMILES string of the molecule is Nc1ccc(NCCCOCCO)c2ccncc12. The molecule has 19 heavy (non-hydrogen) atoms. The van der Waals surface area contributed by atoms with E-state index >= 15 is 0 Å². The molecule has 0 aliphatic carbocycles. The molecule has 0 aliphatic heterocycles. The van der Waals surface area contributed by atoms with Crippen LogP contribution in [0.15, 0.2) is 30.6 Å². The second-order valence-electron chi connectivity index (χ2n) is 4.24. The van der Waals surface area contributed by atoms with Crippen molar-refractivity contribution < 1.29 is 9.84 Å². The number of hydrogen-bond donors (Lipinski definition) is 3. The molecule has 4 N–H and O–H groups in total. The third-order valence-electron chi connectivity index (χ3n) is 2.87. The van der Waals surface area contributed by atoms with Crippen molar-refractivity contribution >= 4 is 22.1 Å². The van der Waals surface area contributed by atoms with Crippen LogP contribution >= 0.6 is 0 Å². The summed E-state index contributed by atoms with van der Waals surface area (Å²) in [6, 6.07) is 5.82. The number of aliphatic hydroxyl groups is 1. The first-order valence-electron chi connectivity index (χ1n) is 6.37. The van der Waals surface area contributed by atoms with Gasteiger partial charge in [-0.25, -0.2) is 0 Å². The number of benzene rings is 1. The predicted molar refractivity (Wildman–Crippen MR) is 77.2 cm³/mol. The Morgan fingerprint density at radius 3 is 2.95 bits per heavy atom. The second kappa shape index (κ2) is 6.92. The predicted octanol–water partition coefficient (Wildman–Crippen LogP) is 1.63. The average molecular weight is 261 g/mol. The number of anilines is 2. The summed E-state index contributed by atoms with van der Waals surface area (Å²) in [7, 11) is 0. The van der Waals surface area contributed by atoms with E-state index in [1.807, 2.05) is 18.2 Å². The number of ether oxygens (including phenoxy) is 1. The molecule has 0 radical (unpaired) electrons. The van der Waals surface area contributed by atoms with E-state index in [0.29, 0.717) is 13.2 Å². The van der Waals surface area contributed by atoms with Crippen molar-refractivity contribution in [3.63, 3.8) is 0 Å². The monoisotopic (exact) mass is 261 g/mol. The zero-order chi connectivity index (χ0) is 13.5. The number of rotatable bonds is 7. The molecule has 0 atom stereocenters. The van der Waals surface area contributed by atoms with E-state index in [1.165, 1.54) is 0 Å². The minimum absolute atomic E-state index is 0.0724. The summed E-state index contributed by atoms with van der Waals surface area (Å²) in [5.41, 5.74) is 7.71. The van der Waals surface area contributed by atoms with Crippen molar-refractivity contribution in [3.8, 4) is 0 Å². The van der Waals surface area contributed by atoms with Crippen LogP contribution in [0.5, 0.6) is 0 Å². The van der Waals surface area contributed by atoms with Gasteiger partial charge in [0.1, 0.15) is 0 Å². The topological polar surface area (TPSA) is 80.4 Å². The molecule has 5 heteroatoms. The van der Waals surface area contributed by atoms with Crippen molar-refractivity contribution in [2.24, 2.45) is 0 Å². The molecule has 5 nitrogen and oxygen atoms in total. The van der Waals surface area contributed by atoms with Gasteiger partial charge in [-0.1, -0.05) is 0 Å². The van der Waals surface area contributed by atoms with Crippen LogP contribution in [0.3, 0.4) is 0 Å². The first kappa shape index (κ1) is 13.6. The number of fused-ring (bicyclic) bond motifs is 1. The second-order valence-corrected chi connectivity index (χ2v) is 4.24. The van der Waals surface area contributed by atoms with Crippen molar-refractivity contribution in [3.05, 3.63) is 30.6 Å². The Labute approximate surface area is 112 Å². The van der Waals surface area contributed by atoms with E-state index in [2.05, 4.69) is 10.3 Å². The molecule has 1 aromatic heterocycles. The first-order valence-corrected chi connectivity index (χ1v) is 6.37. The van der Waals surface area contributed by atoms with Gasteiger partial charge in [-0.05, 0) is 24.6 Å². The number of pyridine rings is 1. The number of nitrogens with zero attached hydrogens (tertiary/aromatic N) is 1. The van der Waals surface area contributed by atoms with Crippen LogP contribution < -0.4 is 11.1 Å².